The SMILES string of the molecule is O=C(C=Cc1cnc(NCCS(=O)(=O)c2ccc(Cl)cc2)c(Cl)c1)NOC1CCCCO1. The van der Waals surface area contributed by atoms with Gasteiger partial charge in [0.05, 0.1) is 15.7 Å². The van der Waals surface area contributed by atoms with Crippen molar-refractivity contribution >= 4 is 50.8 Å². The molecule has 1 unspecified atom stereocenters. The number of carbonyl (C=O) groups excluding carboxylic acids is 1. The van der Waals surface area contributed by atoms with E-state index in [0.29, 0.717) is 28.0 Å². The molecule has 1 atom stereocenters. The lowest BCUT2D eigenvalue weighted by Gasteiger charge is -2.21. The van der Waals surface area contributed by atoms with Crippen LogP contribution in [0.5, 0.6) is 0 Å². The highest BCUT2D eigenvalue weighted by Gasteiger charge is 2.16. The molecule has 172 valence electrons. The van der Waals surface area contributed by atoms with Crippen LogP contribution in [0.25, 0.3) is 6.08 Å². The standard InChI is InChI=1S/C21H23Cl2N3O5S/c22-16-5-7-17(8-6-16)32(28,29)12-10-24-21-18(23)13-15(14-25-21)4-9-19(27)26-31-20-3-1-2-11-30-20/h4-9,13-14,20H,1-3,10-12H2,(H,24,25)(H,26,27). The van der Waals surface area contributed by atoms with Crippen LogP contribution in [0, 0.1) is 0 Å². The van der Waals surface area contributed by atoms with Gasteiger partial charge < -0.3 is 10.1 Å². The highest BCUT2D eigenvalue weighted by molar-refractivity contribution is 7.91. The van der Waals surface area contributed by atoms with Crippen LogP contribution in [0.1, 0.15) is 24.8 Å². The summed E-state index contributed by atoms with van der Waals surface area (Å²) in [4.78, 5) is 21.5. The van der Waals surface area contributed by atoms with Gasteiger partial charge in [0.25, 0.3) is 5.91 Å². The molecule has 3 rings (SSSR count). The van der Waals surface area contributed by atoms with Crippen LogP contribution >= 0.6 is 23.2 Å². The minimum absolute atomic E-state index is 0.121. The number of carbonyl (C=O) groups is 1. The normalized spacial score (nSPS) is 16.8. The molecular formula is C21H23Cl2N3O5S. The van der Waals surface area contributed by atoms with E-state index in [9.17, 15) is 13.2 Å². The first-order chi connectivity index (χ1) is 15.3. The van der Waals surface area contributed by atoms with Gasteiger partial charge in [-0.2, -0.15) is 0 Å². The van der Waals surface area contributed by atoms with Crippen molar-refractivity contribution in [2.75, 3.05) is 24.2 Å². The van der Waals surface area contributed by atoms with Crippen molar-refractivity contribution in [1.82, 2.24) is 10.5 Å². The Labute approximate surface area is 196 Å². The summed E-state index contributed by atoms with van der Waals surface area (Å²) in [7, 11) is -3.47. The van der Waals surface area contributed by atoms with E-state index in [2.05, 4.69) is 15.8 Å². The Morgan fingerprint density at radius 1 is 1.25 bits per heavy atom. The van der Waals surface area contributed by atoms with E-state index in [4.69, 9.17) is 32.8 Å². The maximum absolute atomic E-state index is 12.4. The van der Waals surface area contributed by atoms with Crippen molar-refractivity contribution in [3.8, 4) is 0 Å². The molecule has 1 amide bonds. The molecule has 11 heteroatoms. The number of pyridine rings is 1. The average Bonchev–Trinajstić information content (AvgIpc) is 2.78. The number of hydroxylamine groups is 1. The monoisotopic (exact) mass is 499 g/mol. The second-order valence-electron chi connectivity index (χ2n) is 7.01. The summed E-state index contributed by atoms with van der Waals surface area (Å²) in [5, 5.41) is 3.68. The van der Waals surface area contributed by atoms with Crippen LogP contribution in [0.3, 0.4) is 0 Å². The minimum Gasteiger partial charge on any atom is -0.368 e. The van der Waals surface area contributed by atoms with E-state index in [0.717, 1.165) is 19.3 Å². The van der Waals surface area contributed by atoms with E-state index in [-0.39, 0.29) is 17.2 Å². The van der Waals surface area contributed by atoms with Gasteiger partial charge in [0.2, 0.25) is 0 Å². The largest absolute Gasteiger partial charge is 0.368 e. The molecule has 0 radical (unpaired) electrons. The fourth-order valence-corrected chi connectivity index (χ4v) is 4.40. The van der Waals surface area contributed by atoms with Crippen LogP contribution in [-0.2, 0) is 24.2 Å². The third-order valence-electron chi connectivity index (χ3n) is 4.55. The summed E-state index contributed by atoms with van der Waals surface area (Å²) in [6.45, 7) is 0.740. The minimum atomic E-state index is -3.47. The van der Waals surface area contributed by atoms with Crippen LogP contribution < -0.4 is 10.8 Å². The molecule has 0 spiro atoms. The van der Waals surface area contributed by atoms with Gasteiger partial charge in [0.15, 0.2) is 16.1 Å². The Morgan fingerprint density at radius 3 is 2.72 bits per heavy atom. The first-order valence-electron chi connectivity index (χ1n) is 9.96. The Balaban J connectivity index is 1.48. The number of amides is 1. The number of nitrogens with one attached hydrogen (secondary N) is 2. The number of halogens is 2. The van der Waals surface area contributed by atoms with Crippen molar-refractivity contribution in [1.29, 1.82) is 0 Å². The van der Waals surface area contributed by atoms with Gasteiger partial charge in [0, 0.05) is 36.9 Å². The van der Waals surface area contributed by atoms with Crippen LogP contribution in [-0.4, -0.2) is 44.5 Å². The molecule has 2 heterocycles. The van der Waals surface area contributed by atoms with E-state index < -0.39 is 22.0 Å². The summed E-state index contributed by atoms with van der Waals surface area (Å²) in [5.41, 5.74) is 2.92. The van der Waals surface area contributed by atoms with Crippen molar-refractivity contribution in [3.05, 3.63) is 58.2 Å². The molecule has 0 saturated carbocycles. The zero-order valence-corrected chi connectivity index (χ0v) is 19.4. The fourth-order valence-electron chi connectivity index (χ4n) is 2.87. The zero-order valence-electron chi connectivity index (χ0n) is 17.1. The first-order valence-corrected chi connectivity index (χ1v) is 12.4. The smallest absolute Gasteiger partial charge is 0.267 e. The van der Waals surface area contributed by atoms with E-state index >= 15 is 0 Å². The summed E-state index contributed by atoms with van der Waals surface area (Å²) < 4.78 is 30.1. The number of rotatable bonds is 9. The Hall–Kier alpha value is -2.17. The molecule has 0 aliphatic carbocycles. The van der Waals surface area contributed by atoms with Gasteiger partial charge in [-0.05, 0) is 54.8 Å². The molecule has 8 nitrogen and oxygen atoms in total. The second kappa shape index (κ2) is 11.6. The number of benzene rings is 1. The lowest BCUT2D eigenvalue weighted by atomic mass is 10.2. The number of sulfone groups is 1. The molecule has 1 aliphatic heterocycles. The maximum Gasteiger partial charge on any atom is 0.267 e. The second-order valence-corrected chi connectivity index (χ2v) is 9.97. The highest BCUT2D eigenvalue weighted by Crippen LogP contribution is 2.21. The van der Waals surface area contributed by atoms with Gasteiger partial charge in [0.1, 0.15) is 5.82 Å². The van der Waals surface area contributed by atoms with Gasteiger partial charge in [-0.15, -0.1) is 0 Å². The lowest BCUT2D eigenvalue weighted by molar-refractivity contribution is -0.198. The fraction of sp³-hybridized carbons (Fsp3) is 0.333. The van der Waals surface area contributed by atoms with Gasteiger partial charge in [-0.1, -0.05) is 23.2 Å². The van der Waals surface area contributed by atoms with E-state index in [1.54, 1.807) is 6.07 Å². The van der Waals surface area contributed by atoms with E-state index in [1.165, 1.54) is 42.6 Å². The molecule has 2 aromatic rings. The first kappa shape index (κ1) is 24.5. The molecule has 1 saturated heterocycles. The zero-order chi connectivity index (χ0) is 23.0. The predicted octanol–water partition coefficient (Wildman–Crippen LogP) is 3.86. The third-order valence-corrected chi connectivity index (χ3v) is 6.83. The topological polar surface area (TPSA) is 107 Å². The quantitative estimate of drug-likeness (QED) is 0.398. The summed E-state index contributed by atoms with van der Waals surface area (Å²) in [5.74, 6) is -0.235. The molecule has 1 aromatic heterocycles. The van der Waals surface area contributed by atoms with Crippen LogP contribution in [0.4, 0.5) is 5.82 Å². The van der Waals surface area contributed by atoms with Crippen molar-refractivity contribution in [3.63, 3.8) is 0 Å². The maximum atomic E-state index is 12.4. The number of aromatic nitrogens is 1. The molecule has 32 heavy (non-hydrogen) atoms. The van der Waals surface area contributed by atoms with Gasteiger partial charge >= 0.3 is 0 Å². The lowest BCUT2D eigenvalue weighted by Crippen LogP contribution is -2.32. The Bertz CT molecular complexity index is 1060. The predicted molar refractivity (Wildman–Crippen MR) is 123 cm³/mol. The molecule has 1 aromatic carbocycles. The van der Waals surface area contributed by atoms with Gasteiger partial charge in [-0.25, -0.2) is 23.7 Å². The number of hydrogen-bond acceptors (Lipinski definition) is 7. The molecule has 1 aliphatic rings. The van der Waals surface area contributed by atoms with Crippen molar-refractivity contribution in [2.45, 2.75) is 30.4 Å². The molecule has 0 bridgehead atoms. The van der Waals surface area contributed by atoms with Crippen LogP contribution in [0.15, 0.2) is 47.5 Å². The van der Waals surface area contributed by atoms with Crippen molar-refractivity contribution in [2.24, 2.45) is 0 Å². The summed E-state index contributed by atoms with van der Waals surface area (Å²) in [6, 6.07) is 7.60. The molecule has 2 N–H and O–H groups in total. The Morgan fingerprint density at radius 2 is 2.03 bits per heavy atom. The Kier molecular flexibility index (Phi) is 8.89. The van der Waals surface area contributed by atoms with E-state index in [1.807, 2.05) is 0 Å². The summed E-state index contributed by atoms with van der Waals surface area (Å²) >= 11 is 12.0. The van der Waals surface area contributed by atoms with Crippen LogP contribution in [0.2, 0.25) is 10.0 Å². The average molecular weight is 500 g/mol. The van der Waals surface area contributed by atoms with Gasteiger partial charge in [-0.3, -0.25) is 4.79 Å². The van der Waals surface area contributed by atoms with Crippen molar-refractivity contribution < 1.29 is 22.8 Å². The number of nitrogens with zero attached hydrogens (tertiary/aromatic N) is 1. The third kappa shape index (κ3) is 7.46. The highest BCUT2D eigenvalue weighted by atomic mass is 35.5. The number of ether oxygens (including phenoxy) is 1. The number of anilines is 1. The summed E-state index contributed by atoms with van der Waals surface area (Å²) in [6.07, 6.45) is 6.63. The molecular weight excluding hydrogens is 477 g/mol. The number of hydrogen-bond donors (Lipinski definition) is 2. The molecule has 1 fully saturated rings.